The zero-order valence-electron chi connectivity index (χ0n) is 14.7. The van der Waals surface area contributed by atoms with E-state index >= 15 is 0 Å². The summed E-state index contributed by atoms with van der Waals surface area (Å²) in [7, 11) is 1.67. The standard InChI is InChI=1S/C23H18N2O/c1-17-7-6-8-18(13-17)11-12-21-16-24-22-14-20(15-23(26-2)25(21)22)19-9-4-3-5-10-19/h3-10,13-16H,1-2H3. The molecule has 0 atom stereocenters. The lowest BCUT2D eigenvalue weighted by Gasteiger charge is -2.09. The second-order valence-corrected chi connectivity index (χ2v) is 6.11. The molecule has 0 aliphatic rings. The number of hydrogen-bond acceptors (Lipinski definition) is 2. The van der Waals surface area contributed by atoms with Gasteiger partial charge in [0.15, 0.2) is 0 Å². The zero-order chi connectivity index (χ0) is 17.9. The zero-order valence-corrected chi connectivity index (χ0v) is 14.7. The van der Waals surface area contributed by atoms with Crippen LogP contribution >= 0.6 is 0 Å². The van der Waals surface area contributed by atoms with Crippen molar-refractivity contribution in [2.45, 2.75) is 6.92 Å². The molecular formula is C23H18N2O. The summed E-state index contributed by atoms with van der Waals surface area (Å²) in [5.74, 6) is 7.14. The molecule has 26 heavy (non-hydrogen) atoms. The molecule has 0 bridgehead atoms. The third kappa shape index (κ3) is 3.05. The van der Waals surface area contributed by atoms with Gasteiger partial charge in [-0.2, -0.15) is 0 Å². The van der Waals surface area contributed by atoms with Crippen molar-refractivity contribution in [2.75, 3.05) is 7.11 Å². The molecule has 2 heterocycles. The number of imidazole rings is 1. The monoisotopic (exact) mass is 338 g/mol. The number of pyridine rings is 1. The lowest BCUT2D eigenvalue weighted by molar-refractivity contribution is 0.392. The van der Waals surface area contributed by atoms with Crippen LogP contribution in [0.25, 0.3) is 16.8 Å². The third-order valence-corrected chi connectivity index (χ3v) is 4.24. The first kappa shape index (κ1) is 16.0. The van der Waals surface area contributed by atoms with E-state index in [-0.39, 0.29) is 0 Å². The number of aryl methyl sites for hydroxylation is 1. The number of nitrogens with zero attached hydrogens (tertiary/aromatic N) is 2. The van der Waals surface area contributed by atoms with E-state index in [4.69, 9.17) is 4.74 Å². The highest BCUT2D eigenvalue weighted by Crippen LogP contribution is 2.27. The average Bonchev–Trinajstić information content (AvgIpc) is 3.09. The van der Waals surface area contributed by atoms with Gasteiger partial charge < -0.3 is 4.74 Å². The molecular weight excluding hydrogens is 320 g/mol. The number of methoxy groups -OCH3 is 1. The summed E-state index contributed by atoms with van der Waals surface area (Å²) in [6.07, 6.45) is 1.79. The molecule has 0 aliphatic carbocycles. The first-order chi connectivity index (χ1) is 12.7. The van der Waals surface area contributed by atoms with Crippen LogP contribution < -0.4 is 4.74 Å². The quantitative estimate of drug-likeness (QED) is 0.495. The van der Waals surface area contributed by atoms with Gasteiger partial charge in [0.25, 0.3) is 0 Å². The molecule has 3 nitrogen and oxygen atoms in total. The first-order valence-corrected chi connectivity index (χ1v) is 8.44. The summed E-state index contributed by atoms with van der Waals surface area (Å²) in [4.78, 5) is 4.52. The lowest BCUT2D eigenvalue weighted by Crippen LogP contribution is -1.97. The molecule has 0 aliphatic heterocycles. The predicted molar refractivity (Wildman–Crippen MR) is 104 cm³/mol. The van der Waals surface area contributed by atoms with Gasteiger partial charge in [-0.3, -0.25) is 4.40 Å². The topological polar surface area (TPSA) is 26.5 Å². The molecule has 2 aromatic heterocycles. The fourth-order valence-corrected chi connectivity index (χ4v) is 2.97. The maximum atomic E-state index is 5.61. The molecule has 0 saturated heterocycles. The third-order valence-electron chi connectivity index (χ3n) is 4.24. The van der Waals surface area contributed by atoms with Crippen molar-refractivity contribution in [3.63, 3.8) is 0 Å². The fourth-order valence-electron chi connectivity index (χ4n) is 2.97. The van der Waals surface area contributed by atoms with Gasteiger partial charge in [-0.05, 0) is 47.7 Å². The van der Waals surface area contributed by atoms with Crippen LogP contribution in [0.15, 0.2) is 72.9 Å². The highest BCUT2D eigenvalue weighted by molar-refractivity contribution is 5.70. The molecule has 3 heteroatoms. The summed E-state index contributed by atoms with van der Waals surface area (Å²) in [5, 5.41) is 0. The van der Waals surface area contributed by atoms with E-state index in [0.717, 1.165) is 28.0 Å². The fraction of sp³-hybridized carbons (Fsp3) is 0.0870. The van der Waals surface area contributed by atoms with Crippen molar-refractivity contribution in [1.82, 2.24) is 9.38 Å². The average molecular weight is 338 g/mol. The number of aromatic nitrogens is 2. The van der Waals surface area contributed by atoms with Crippen LogP contribution in [0.5, 0.6) is 5.88 Å². The van der Waals surface area contributed by atoms with Gasteiger partial charge in [0.1, 0.15) is 11.3 Å². The van der Waals surface area contributed by atoms with E-state index in [1.807, 2.05) is 40.8 Å². The van der Waals surface area contributed by atoms with Gasteiger partial charge in [-0.1, -0.05) is 48.4 Å². The Morgan fingerprint density at radius 1 is 0.885 bits per heavy atom. The minimum Gasteiger partial charge on any atom is -0.482 e. The van der Waals surface area contributed by atoms with Crippen molar-refractivity contribution in [2.24, 2.45) is 0 Å². The Labute approximate surface area is 152 Å². The Hall–Kier alpha value is -3.51. The Balaban J connectivity index is 1.81. The van der Waals surface area contributed by atoms with Crippen molar-refractivity contribution >= 4 is 5.65 Å². The second kappa shape index (κ2) is 6.78. The molecule has 0 fully saturated rings. The molecule has 0 radical (unpaired) electrons. The van der Waals surface area contributed by atoms with Crippen LogP contribution in [0.4, 0.5) is 0 Å². The Bertz CT molecular complexity index is 1130. The van der Waals surface area contributed by atoms with E-state index in [1.54, 1.807) is 13.3 Å². The number of benzene rings is 2. The van der Waals surface area contributed by atoms with Gasteiger partial charge >= 0.3 is 0 Å². The van der Waals surface area contributed by atoms with E-state index < -0.39 is 0 Å². The van der Waals surface area contributed by atoms with Crippen LogP contribution in [-0.4, -0.2) is 16.5 Å². The van der Waals surface area contributed by atoms with Crippen LogP contribution in [-0.2, 0) is 0 Å². The maximum Gasteiger partial charge on any atom is 0.200 e. The van der Waals surface area contributed by atoms with Crippen molar-refractivity contribution in [1.29, 1.82) is 0 Å². The van der Waals surface area contributed by atoms with E-state index in [0.29, 0.717) is 5.88 Å². The molecule has 0 spiro atoms. The SMILES string of the molecule is COc1cc(-c2ccccc2)cc2ncc(C#Cc3cccc(C)c3)n12. The predicted octanol–water partition coefficient (Wildman–Crippen LogP) is 4.72. The normalized spacial score (nSPS) is 10.4. The Morgan fingerprint density at radius 3 is 2.50 bits per heavy atom. The molecule has 126 valence electrons. The van der Waals surface area contributed by atoms with Crippen LogP contribution in [0.1, 0.15) is 16.8 Å². The number of ether oxygens (including phenoxy) is 1. The van der Waals surface area contributed by atoms with E-state index in [2.05, 4.69) is 54.1 Å². The summed E-state index contributed by atoms with van der Waals surface area (Å²) >= 11 is 0. The second-order valence-electron chi connectivity index (χ2n) is 6.11. The Kier molecular flexibility index (Phi) is 4.17. The largest absolute Gasteiger partial charge is 0.482 e. The lowest BCUT2D eigenvalue weighted by atomic mass is 10.1. The minimum atomic E-state index is 0.715. The van der Waals surface area contributed by atoms with E-state index in [9.17, 15) is 0 Å². The Morgan fingerprint density at radius 2 is 1.73 bits per heavy atom. The smallest absolute Gasteiger partial charge is 0.200 e. The number of rotatable bonds is 2. The molecule has 4 aromatic rings. The van der Waals surface area contributed by atoms with Crippen molar-refractivity contribution in [3.05, 3.63) is 89.7 Å². The minimum absolute atomic E-state index is 0.715. The van der Waals surface area contributed by atoms with Crippen molar-refractivity contribution < 1.29 is 4.74 Å². The highest BCUT2D eigenvalue weighted by atomic mass is 16.5. The van der Waals surface area contributed by atoms with E-state index in [1.165, 1.54) is 5.56 Å². The van der Waals surface area contributed by atoms with Gasteiger partial charge in [0.2, 0.25) is 5.88 Å². The number of hydrogen-bond donors (Lipinski definition) is 0. The van der Waals surface area contributed by atoms with Crippen LogP contribution in [0, 0.1) is 18.8 Å². The number of fused-ring (bicyclic) bond motifs is 1. The van der Waals surface area contributed by atoms with Gasteiger partial charge in [0.05, 0.1) is 13.3 Å². The molecule has 4 rings (SSSR count). The van der Waals surface area contributed by atoms with Crippen LogP contribution in [0.3, 0.4) is 0 Å². The molecule has 0 saturated carbocycles. The van der Waals surface area contributed by atoms with Gasteiger partial charge in [-0.15, -0.1) is 0 Å². The summed E-state index contributed by atoms with van der Waals surface area (Å²) in [5.41, 5.74) is 6.00. The first-order valence-electron chi connectivity index (χ1n) is 8.44. The molecule has 0 amide bonds. The highest BCUT2D eigenvalue weighted by Gasteiger charge is 2.10. The molecule has 0 N–H and O–H groups in total. The molecule has 2 aromatic carbocycles. The van der Waals surface area contributed by atoms with Gasteiger partial charge in [-0.25, -0.2) is 4.98 Å². The van der Waals surface area contributed by atoms with Crippen molar-refractivity contribution in [3.8, 4) is 28.8 Å². The molecule has 0 unspecified atom stereocenters. The summed E-state index contributed by atoms with van der Waals surface area (Å²) < 4.78 is 7.55. The van der Waals surface area contributed by atoms with Crippen LogP contribution in [0.2, 0.25) is 0 Å². The summed E-state index contributed by atoms with van der Waals surface area (Å²) in [6, 6.07) is 22.4. The van der Waals surface area contributed by atoms with Gasteiger partial charge in [0, 0.05) is 11.6 Å². The maximum absolute atomic E-state index is 5.61. The summed E-state index contributed by atoms with van der Waals surface area (Å²) in [6.45, 7) is 2.06.